The Morgan fingerprint density at radius 3 is 2.96 bits per heavy atom. The minimum absolute atomic E-state index is 0.144. The molecule has 3 rings (SSSR count). The number of H-pyrrole nitrogens is 1. The number of aryl methyl sites for hydroxylation is 1. The molecule has 0 spiro atoms. The molecule has 1 heterocycles. The Morgan fingerprint density at radius 2 is 2.25 bits per heavy atom. The molecular weight excluding hydrogens is 352 g/mol. The Bertz CT molecular complexity index is 906. The minimum atomic E-state index is -0.343. The number of hydrazone groups is 1. The number of nitrogens with one attached hydrogen (secondary N) is 2. The van der Waals surface area contributed by atoms with Crippen LogP contribution in [0.1, 0.15) is 60.1 Å². The monoisotopic (exact) mass is 380 g/mol. The van der Waals surface area contributed by atoms with Crippen molar-refractivity contribution in [2.45, 2.75) is 46.5 Å². The first-order valence-electron chi connectivity index (χ1n) is 9.62. The molecule has 3 N–H and O–H groups in total. The number of carbonyl (C=O) groups excluding carboxylic acids is 1. The van der Waals surface area contributed by atoms with Crippen LogP contribution >= 0.6 is 0 Å². The number of hydrogen-bond acceptors (Lipinski definition) is 4. The zero-order valence-corrected chi connectivity index (χ0v) is 16.7. The second-order valence-corrected chi connectivity index (χ2v) is 8.38. The fourth-order valence-electron chi connectivity index (χ4n) is 3.67. The van der Waals surface area contributed by atoms with Gasteiger partial charge in [-0.15, -0.1) is 6.58 Å². The van der Waals surface area contributed by atoms with Crippen LogP contribution < -0.4 is 5.43 Å². The third-order valence-electron chi connectivity index (χ3n) is 5.47. The zero-order valence-electron chi connectivity index (χ0n) is 16.7. The van der Waals surface area contributed by atoms with Crippen molar-refractivity contribution in [2.24, 2.45) is 16.4 Å². The van der Waals surface area contributed by atoms with Crippen LogP contribution in [0.5, 0.6) is 5.75 Å². The topological polar surface area (TPSA) is 90.4 Å². The quantitative estimate of drug-likeness (QED) is 0.419. The molecule has 1 atom stereocenters. The molecule has 148 valence electrons. The van der Waals surface area contributed by atoms with Gasteiger partial charge >= 0.3 is 0 Å². The van der Waals surface area contributed by atoms with Crippen molar-refractivity contribution in [1.82, 2.24) is 15.6 Å². The first-order valence-corrected chi connectivity index (χ1v) is 9.62. The van der Waals surface area contributed by atoms with Crippen LogP contribution in [0.3, 0.4) is 0 Å². The fraction of sp³-hybridized carbons (Fsp3) is 0.409. The van der Waals surface area contributed by atoms with E-state index in [0.29, 0.717) is 23.6 Å². The summed E-state index contributed by atoms with van der Waals surface area (Å²) in [4.78, 5) is 12.6. The molecule has 6 nitrogen and oxygen atoms in total. The molecule has 6 heteroatoms. The molecule has 1 aliphatic rings. The standard InChI is InChI=1S/C22H28N4O2/c1-5-7-14-8-6-9-15(20(14)27)13-23-26-21(28)19-17-12-16(22(2,3)4)10-11-18(17)24-25-19/h5-6,8-9,13,16,27H,1,7,10-12H2,2-4H3,(H,24,25)(H,26,28)/b23-13+. The average molecular weight is 380 g/mol. The first kappa shape index (κ1) is 19.9. The van der Waals surface area contributed by atoms with Gasteiger partial charge in [0.15, 0.2) is 5.69 Å². The van der Waals surface area contributed by atoms with Crippen LogP contribution in [0, 0.1) is 11.3 Å². The van der Waals surface area contributed by atoms with E-state index in [2.05, 4.69) is 48.1 Å². The number of carbonyl (C=O) groups is 1. The summed E-state index contributed by atoms with van der Waals surface area (Å²) in [5.74, 6) is 0.313. The lowest BCUT2D eigenvalue weighted by molar-refractivity contribution is 0.0948. The first-order chi connectivity index (χ1) is 13.3. The number of amides is 1. The van der Waals surface area contributed by atoms with Gasteiger partial charge in [0.1, 0.15) is 5.75 Å². The minimum Gasteiger partial charge on any atom is -0.507 e. The summed E-state index contributed by atoms with van der Waals surface area (Å²) in [6.45, 7) is 10.4. The highest BCUT2D eigenvalue weighted by Gasteiger charge is 2.32. The molecule has 2 aromatic rings. The number of para-hydroxylation sites is 1. The van der Waals surface area contributed by atoms with Gasteiger partial charge in [0, 0.05) is 16.8 Å². The van der Waals surface area contributed by atoms with Gasteiger partial charge in [0.2, 0.25) is 0 Å². The van der Waals surface area contributed by atoms with E-state index in [4.69, 9.17) is 0 Å². The predicted molar refractivity (Wildman–Crippen MR) is 111 cm³/mol. The van der Waals surface area contributed by atoms with Gasteiger partial charge in [-0.05, 0) is 48.6 Å². The van der Waals surface area contributed by atoms with Crippen LogP contribution in [-0.2, 0) is 19.3 Å². The number of phenols is 1. The highest BCUT2D eigenvalue weighted by molar-refractivity contribution is 5.95. The molecule has 0 saturated carbocycles. The van der Waals surface area contributed by atoms with E-state index >= 15 is 0 Å². The molecule has 1 aliphatic carbocycles. The Morgan fingerprint density at radius 1 is 1.46 bits per heavy atom. The SMILES string of the molecule is C=CCc1cccc(/C=N/NC(=O)c2n[nH]c3c2CC(C(C)(C)C)CC3)c1O. The van der Waals surface area contributed by atoms with Crippen LogP contribution in [0.2, 0.25) is 0 Å². The predicted octanol–water partition coefficient (Wildman–Crippen LogP) is 3.76. The smallest absolute Gasteiger partial charge is 0.292 e. The number of fused-ring (bicyclic) bond motifs is 1. The highest BCUT2D eigenvalue weighted by Crippen LogP contribution is 2.37. The maximum atomic E-state index is 12.6. The summed E-state index contributed by atoms with van der Waals surface area (Å²) >= 11 is 0. The second-order valence-electron chi connectivity index (χ2n) is 8.38. The van der Waals surface area contributed by atoms with E-state index in [1.165, 1.54) is 6.21 Å². The third kappa shape index (κ3) is 4.16. The number of nitrogens with zero attached hydrogens (tertiary/aromatic N) is 2. The molecule has 0 fully saturated rings. The lowest BCUT2D eigenvalue weighted by atomic mass is 9.71. The molecular formula is C22H28N4O2. The van der Waals surface area contributed by atoms with Crippen molar-refractivity contribution in [2.75, 3.05) is 0 Å². The van der Waals surface area contributed by atoms with Gasteiger partial charge in [-0.3, -0.25) is 9.89 Å². The molecule has 1 amide bonds. The number of rotatable bonds is 5. The number of aromatic amines is 1. The van der Waals surface area contributed by atoms with Gasteiger partial charge in [-0.1, -0.05) is 39.0 Å². The van der Waals surface area contributed by atoms with Crippen molar-refractivity contribution >= 4 is 12.1 Å². The van der Waals surface area contributed by atoms with Crippen LogP contribution in [-0.4, -0.2) is 27.4 Å². The number of aromatic hydroxyl groups is 1. The second kappa shape index (κ2) is 8.00. The van der Waals surface area contributed by atoms with E-state index in [9.17, 15) is 9.90 Å². The van der Waals surface area contributed by atoms with E-state index in [-0.39, 0.29) is 17.1 Å². The van der Waals surface area contributed by atoms with Crippen molar-refractivity contribution in [3.05, 3.63) is 58.9 Å². The number of aromatic nitrogens is 2. The summed E-state index contributed by atoms with van der Waals surface area (Å²) < 4.78 is 0. The average Bonchev–Trinajstić information content (AvgIpc) is 3.07. The normalized spacial score (nSPS) is 16.8. The summed E-state index contributed by atoms with van der Waals surface area (Å²) in [5, 5.41) is 21.5. The molecule has 1 aromatic heterocycles. The summed E-state index contributed by atoms with van der Waals surface area (Å²) in [5.41, 5.74) is 6.47. The van der Waals surface area contributed by atoms with E-state index in [1.54, 1.807) is 12.1 Å². The van der Waals surface area contributed by atoms with E-state index < -0.39 is 0 Å². The van der Waals surface area contributed by atoms with Crippen molar-refractivity contribution in [1.29, 1.82) is 0 Å². The highest BCUT2D eigenvalue weighted by atomic mass is 16.3. The largest absolute Gasteiger partial charge is 0.507 e. The van der Waals surface area contributed by atoms with Crippen LogP contribution in [0.4, 0.5) is 0 Å². The van der Waals surface area contributed by atoms with Gasteiger partial charge < -0.3 is 5.11 Å². The Balaban J connectivity index is 1.72. The van der Waals surface area contributed by atoms with Gasteiger partial charge in [-0.2, -0.15) is 10.2 Å². The fourth-order valence-corrected chi connectivity index (χ4v) is 3.67. The third-order valence-corrected chi connectivity index (χ3v) is 5.47. The van der Waals surface area contributed by atoms with Gasteiger partial charge in [-0.25, -0.2) is 5.43 Å². The Labute approximate surface area is 165 Å². The zero-order chi connectivity index (χ0) is 20.3. The molecule has 1 unspecified atom stereocenters. The molecule has 28 heavy (non-hydrogen) atoms. The molecule has 1 aromatic carbocycles. The van der Waals surface area contributed by atoms with E-state index in [0.717, 1.165) is 36.1 Å². The van der Waals surface area contributed by atoms with Gasteiger partial charge in [0.25, 0.3) is 5.91 Å². The molecule has 0 radical (unpaired) electrons. The summed E-state index contributed by atoms with van der Waals surface area (Å²) in [7, 11) is 0. The van der Waals surface area contributed by atoms with Crippen LogP contribution in [0.25, 0.3) is 0 Å². The number of hydrogen-bond donors (Lipinski definition) is 3. The lowest BCUT2D eigenvalue weighted by Crippen LogP contribution is -2.28. The number of phenolic OH excluding ortho intramolecular Hbond substituents is 1. The maximum Gasteiger partial charge on any atom is 0.292 e. The van der Waals surface area contributed by atoms with Crippen molar-refractivity contribution in [3.8, 4) is 5.75 Å². The molecule has 0 saturated heterocycles. The van der Waals surface area contributed by atoms with Crippen molar-refractivity contribution in [3.63, 3.8) is 0 Å². The summed E-state index contributed by atoms with van der Waals surface area (Å²) in [6.07, 6.45) is 6.57. The molecule has 0 aliphatic heterocycles. The Hall–Kier alpha value is -2.89. The van der Waals surface area contributed by atoms with Crippen LogP contribution in [0.15, 0.2) is 36.0 Å². The van der Waals surface area contributed by atoms with Crippen molar-refractivity contribution < 1.29 is 9.90 Å². The van der Waals surface area contributed by atoms with Gasteiger partial charge in [0.05, 0.1) is 6.21 Å². The van der Waals surface area contributed by atoms with E-state index in [1.807, 2.05) is 12.1 Å². The summed E-state index contributed by atoms with van der Waals surface area (Å²) in [6, 6.07) is 5.40. The number of allylic oxidation sites excluding steroid dienone is 1. The Kier molecular flexibility index (Phi) is 5.68. The molecule has 0 bridgehead atoms. The maximum absolute atomic E-state index is 12.6. The number of benzene rings is 1. The lowest BCUT2D eigenvalue weighted by Gasteiger charge is -2.33.